The lowest BCUT2D eigenvalue weighted by Gasteiger charge is -2.19. The van der Waals surface area contributed by atoms with Crippen LogP contribution in [0.3, 0.4) is 0 Å². The zero-order valence-electron chi connectivity index (χ0n) is 14.4. The molecular weight excluding hydrogens is 342 g/mol. The highest BCUT2D eigenvalue weighted by Crippen LogP contribution is 2.23. The molecule has 0 bridgehead atoms. The summed E-state index contributed by atoms with van der Waals surface area (Å²) in [6, 6.07) is 9.28. The number of halogens is 1. The molecule has 1 atom stereocenters. The summed E-state index contributed by atoms with van der Waals surface area (Å²) in [5.41, 5.74) is 0. The minimum atomic E-state index is -0.619. The summed E-state index contributed by atoms with van der Waals surface area (Å²) in [6.07, 6.45) is 1.42. The maximum atomic E-state index is 12.3. The number of carbonyl (C=O) groups excluding carboxylic acids is 1. The number of amides is 1. The molecule has 7 nitrogen and oxygen atoms in total. The molecule has 1 saturated heterocycles. The highest BCUT2D eigenvalue weighted by atomic mass is 35.5. The summed E-state index contributed by atoms with van der Waals surface area (Å²) in [7, 11) is 1.79. The monoisotopic (exact) mass is 365 g/mol. The lowest BCUT2D eigenvalue weighted by molar-refractivity contribution is -0.122. The molecule has 2 heterocycles. The van der Waals surface area contributed by atoms with Crippen LogP contribution in [-0.2, 0) is 11.8 Å². The summed E-state index contributed by atoms with van der Waals surface area (Å²) in [4.78, 5) is 16.8. The standard InChI is InChI=1S/C17H23N5O2.ClH/c1-12(24-14-6-4-3-5-7-14)16(23)20-17-19-15(21-22(17)2)13-8-10-18-11-9-13;/h3-7,12-13,18H,8-11H2,1-2H3,(H,19,20,21,23);1H. The Hall–Kier alpha value is -2.12. The van der Waals surface area contributed by atoms with Crippen molar-refractivity contribution >= 4 is 24.3 Å². The van der Waals surface area contributed by atoms with Crippen LogP contribution in [-0.4, -0.2) is 39.9 Å². The van der Waals surface area contributed by atoms with E-state index in [1.807, 2.05) is 30.3 Å². The van der Waals surface area contributed by atoms with Crippen LogP contribution in [0.25, 0.3) is 0 Å². The van der Waals surface area contributed by atoms with Crippen molar-refractivity contribution in [3.8, 4) is 5.75 Å². The molecule has 1 aromatic heterocycles. The molecule has 1 amide bonds. The normalized spacial score (nSPS) is 15.9. The van der Waals surface area contributed by atoms with Crippen molar-refractivity contribution in [2.45, 2.75) is 31.8 Å². The van der Waals surface area contributed by atoms with Gasteiger partial charge in [-0.15, -0.1) is 12.4 Å². The van der Waals surface area contributed by atoms with Gasteiger partial charge in [-0.3, -0.25) is 10.1 Å². The van der Waals surface area contributed by atoms with Gasteiger partial charge < -0.3 is 10.1 Å². The van der Waals surface area contributed by atoms with Crippen molar-refractivity contribution in [3.05, 3.63) is 36.2 Å². The number of hydrogen-bond donors (Lipinski definition) is 2. The van der Waals surface area contributed by atoms with Crippen molar-refractivity contribution in [3.63, 3.8) is 0 Å². The number of nitrogens with one attached hydrogen (secondary N) is 2. The van der Waals surface area contributed by atoms with Gasteiger partial charge in [-0.2, -0.15) is 10.1 Å². The van der Waals surface area contributed by atoms with Gasteiger partial charge in [0.2, 0.25) is 5.95 Å². The van der Waals surface area contributed by atoms with Gasteiger partial charge in [-0.05, 0) is 45.0 Å². The van der Waals surface area contributed by atoms with Crippen LogP contribution in [0.5, 0.6) is 5.75 Å². The second-order valence-electron chi connectivity index (χ2n) is 6.00. The van der Waals surface area contributed by atoms with Gasteiger partial charge in [0.25, 0.3) is 5.91 Å². The van der Waals surface area contributed by atoms with E-state index in [1.165, 1.54) is 0 Å². The smallest absolute Gasteiger partial charge is 0.267 e. The molecule has 0 radical (unpaired) electrons. The number of ether oxygens (including phenoxy) is 1. The first-order chi connectivity index (χ1) is 11.6. The van der Waals surface area contributed by atoms with Gasteiger partial charge in [0, 0.05) is 13.0 Å². The fourth-order valence-corrected chi connectivity index (χ4v) is 2.73. The van der Waals surface area contributed by atoms with Crippen LogP contribution in [0.15, 0.2) is 30.3 Å². The fraction of sp³-hybridized carbons (Fsp3) is 0.471. The molecule has 8 heteroatoms. The largest absolute Gasteiger partial charge is 0.481 e. The lowest BCUT2D eigenvalue weighted by atomic mass is 9.98. The molecule has 1 fully saturated rings. The van der Waals surface area contributed by atoms with Crippen LogP contribution in [0.2, 0.25) is 0 Å². The van der Waals surface area contributed by atoms with Gasteiger partial charge in [-0.1, -0.05) is 18.2 Å². The van der Waals surface area contributed by atoms with Crippen LogP contribution >= 0.6 is 12.4 Å². The molecule has 2 aromatic rings. The minimum Gasteiger partial charge on any atom is -0.481 e. The fourth-order valence-electron chi connectivity index (χ4n) is 2.73. The summed E-state index contributed by atoms with van der Waals surface area (Å²) in [5.74, 6) is 2.02. The summed E-state index contributed by atoms with van der Waals surface area (Å²) in [6.45, 7) is 3.67. The molecule has 0 aliphatic carbocycles. The number of hydrogen-bond acceptors (Lipinski definition) is 5. The number of anilines is 1. The Morgan fingerprint density at radius 1 is 1.32 bits per heavy atom. The molecule has 1 aromatic carbocycles. The van der Waals surface area contributed by atoms with Crippen LogP contribution in [0, 0.1) is 0 Å². The van der Waals surface area contributed by atoms with E-state index in [4.69, 9.17) is 4.74 Å². The van der Waals surface area contributed by atoms with E-state index in [-0.39, 0.29) is 18.3 Å². The molecule has 0 spiro atoms. The lowest BCUT2D eigenvalue weighted by Crippen LogP contribution is -2.31. The first-order valence-electron chi connectivity index (χ1n) is 8.27. The van der Waals surface area contributed by atoms with E-state index in [2.05, 4.69) is 20.7 Å². The molecule has 1 aliphatic rings. The zero-order chi connectivity index (χ0) is 16.9. The van der Waals surface area contributed by atoms with E-state index in [1.54, 1.807) is 18.7 Å². The van der Waals surface area contributed by atoms with E-state index in [0.29, 0.717) is 17.6 Å². The van der Waals surface area contributed by atoms with E-state index < -0.39 is 6.10 Å². The number of benzene rings is 1. The topological polar surface area (TPSA) is 81.1 Å². The van der Waals surface area contributed by atoms with Gasteiger partial charge in [0.05, 0.1) is 0 Å². The number of rotatable bonds is 5. The Morgan fingerprint density at radius 3 is 2.68 bits per heavy atom. The Bertz CT molecular complexity index is 686. The van der Waals surface area contributed by atoms with Crippen LogP contribution < -0.4 is 15.4 Å². The maximum Gasteiger partial charge on any atom is 0.267 e. The van der Waals surface area contributed by atoms with E-state index in [0.717, 1.165) is 31.8 Å². The average Bonchev–Trinajstić information content (AvgIpc) is 2.97. The molecule has 0 saturated carbocycles. The number of aryl methyl sites for hydroxylation is 1. The highest BCUT2D eigenvalue weighted by Gasteiger charge is 2.22. The van der Waals surface area contributed by atoms with Crippen molar-refractivity contribution < 1.29 is 9.53 Å². The second kappa shape index (κ2) is 8.82. The number of aromatic nitrogens is 3. The molecule has 1 unspecified atom stereocenters. The summed E-state index contributed by atoms with van der Waals surface area (Å²) >= 11 is 0. The number of para-hydroxylation sites is 1. The molecule has 3 rings (SSSR count). The Labute approximate surface area is 153 Å². The molecule has 136 valence electrons. The first-order valence-corrected chi connectivity index (χ1v) is 8.27. The molecular formula is C17H24ClN5O2. The van der Waals surface area contributed by atoms with E-state index in [9.17, 15) is 4.79 Å². The van der Waals surface area contributed by atoms with Crippen molar-refractivity contribution in [1.82, 2.24) is 20.1 Å². The van der Waals surface area contributed by atoms with Gasteiger partial charge in [0.15, 0.2) is 11.9 Å². The third kappa shape index (κ3) is 4.93. The highest BCUT2D eigenvalue weighted by molar-refractivity contribution is 5.92. The number of carbonyl (C=O) groups is 1. The Morgan fingerprint density at radius 2 is 2.00 bits per heavy atom. The Kier molecular flexibility index (Phi) is 6.78. The van der Waals surface area contributed by atoms with Gasteiger partial charge in [0.1, 0.15) is 5.75 Å². The van der Waals surface area contributed by atoms with Gasteiger partial charge in [-0.25, -0.2) is 4.68 Å². The molecule has 1 aliphatic heterocycles. The van der Waals surface area contributed by atoms with Crippen molar-refractivity contribution in [2.24, 2.45) is 7.05 Å². The van der Waals surface area contributed by atoms with Crippen LogP contribution in [0.1, 0.15) is 31.5 Å². The SMILES string of the molecule is CC(Oc1ccccc1)C(=O)Nc1nc(C2CCNCC2)nn1C.Cl. The summed E-state index contributed by atoms with van der Waals surface area (Å²) < 4.78 is 7.25. The Balaban J connectivity index is 0.00000225. The number of nitrogens with zero attached hydrogens (tertiary/aromatic N) is 3. The van der Waals surface area contributed by atoms with Crippen LogP contribution in [0.4, 0.5) is 5.95 Å². The third-order valence-corrected chi connectivity index (χ3v) is 4.14. The predicted molar refractivity (Wildman–Crippen MR) is 98.3 cm³/mol. The zero-order valence-corrected chi connectivity index (χ0v) is 15.3. The second-order valence-corrected chi connectivity index (χ2v) is 6.00. The quantitative estimate of drug-likeness (QED) is 0.848. The summed E-state index contributed by atoms with van der Waals surface area (Å²) in [5, 5.41) is 10.6. The first kappa shape index (κ1) is 19.2. The number of piperidine rings is 1. The van der Waals surface area contributed by atoms with Crippen molar-refractivity contribution in [1.29, 1.82) is 0 Å². The predicted octanol–water partition coefficient (Wildman–Crippen LogP) is 2.11. The van der Waals surface area contributed by atoms with Gasteiger partial charge >= 0.3 is 0 Å². The molecule has 25 heavy (non-hydrogen) atoms. The molecule has 2 N–H and O–H groups in total. The maximum absolute atomic E-state index is 12.3. The van der Waals surface area contributed by atoms with Crippen molar-refractivity contribution in [2.75, 3.05) is 18.4 Å². The minimum absolute atomic E-state index is 0. The average molecular weight is 366 g/mol. The third-order valence-electron chi connectivity index (χ3n) is 4.14. The van der Waals surface area contributed by atoms with E-state index >= 15 is 0 Å².